The molecule has 3 atom stereocenters. The predicted octanol–water partition coefficient (Wildman–Crippen LogP) is 4.96. The number of rotatable bonds is 11. The van der Waals surface area contributed by atoms with Gasteiger partial charge in [0, 0.05) is 18.5 Å². The molecule has 0 radical (unpaired) electrons. The summed E-state index contributed by atoms with van der Waals surface area (Å²) in [6.45, 7) is 15.5. The Balaban J connectivity index is 2.54. The molecule has 10 nitrogen and oxygen atoms in total. The fourth-order valence-corrected chi connectivity index (χ4v) is 4.42. The highest BCUT2D eigenvalue weighted by Gasteiger charge is 2.38. The van der Waals surface area contributed by atoms with Crippen LogP contribution in [0.4, 0.5) is 4.79 Å². The number of hydrogen-bond donors (Lipinski definition) is 3. The van der Waals surface area contributed by atoms with Gasteiger partial charge in [0.2, 0.25) is 11.8 Å². The van der Waals surface area contributed by atoms with Crippen molar-refractivity contribution >= 4 is 23.9 Å². The zero-order valence-electron chi connectivity index (χ0n) is 26.8. The zero-order valence-corrected chi connectivity index (χ0v) is 26.8. The summed E-state index contributed by atoms with van der Waals surface area (Å²) in [5.41, 5.74) is -0.0946. The molecule has 3 N–H and O–H groups in total. The Morgan fingerprint density at radius 2 is 1.49 bits per heavy atom. The quantitative estimate of drug-likeness (QED) is 0.312. The molecule has 0 aromatic heterocycles. The minimum Gasteiger partial charge on any atom is -0.507 e. The van der Waals surface area contributed by atoms with Crippen molar-refractivity contribution in [1.29, 1.82) is 0 Å². The van der Waals surface area contributed by atoms with Gasteiger partial charge in [0.05, 0.1) is 0 Å². The number of esters is 1. The first-order chi connectivity index (χ1) is 19.9. The monoisotopic (exact) mass is 597 g/mol. The first kappa shape index (κ1) is 35.1. The SMILES string of the molecule is CCCN(C(=O)C(C)NC(=O)OC(C)(C)C)C(C(=O)NC(Cc1ccccc1)C(=O)OC(C)(C)C)c1cccc(C)c1O. The van der Waals surface area contributed by atoms with E-state index in [-0.39, 0.29) is 24.3 Å². The van der Waals surface area contributed by atoms with Crippen molar-refractivity contribution in [3.05, 3.63) is 65.2 Å². The average molecular weight is 598 g/mol. The molecule has 2 aromatic carbocycles. The van der Waals surface area contributed by atoms with Crippen LogP contribution in [-0.2, 0) is 30.3 Å². The maximum absolute atomic E-state index is 14.2. The topological polar surface area (TPSA) is 134 Å². The summed E-state index contributed by atoms with van der Waals surface area (Å²) < 4.78 is 10.9. The van der Waals surface area contributed by atoms with E-state index in [0.29, 0.717) is 12.0 Å². The third-order valence-corrected chi connectivity index (χ3v) is 6.27. The molecule has 0 aliphatic heterocycles. The Hall–Kier alpha value is -4.08. The Bertz CT molecular complexity index is 1270. The van der Waals surface area contributed by atoms with E-state index in [0.717, 1.165) is 5.56 Å². The van der Waals surface area contributed by atoms with Gasteiger partial charge in [-0.1, -0.05) is 55.5 Å². The lowest BCUT2D eigenvalue weighted by Gasteiger charge is -2.35. The molecule has 236 valence electrons. The number of nitrogens with zero attached hydrogens (tertiary/aromatic N) is 1. The molecule has 3 unspecified atom stereocenters. The van der Waals surface area contributed by atoms with Crippen molar-refractivity contribution in [3.8, 4) is 5.75 Å². The molecule has 0 aliphatic carbocycles. The molecule has 2 aromatic rings. The van der Waals surface area contributed by atoms with E-state index in [1.807, 2.05) is 37.3 Å². The molecule has 0 saturated heterocycles. The number of aromatic hydroxyl groups is 1. The van der Waals surface area contributed by atoms with E-state index in [2.05, 4.69) is 10.6 Å². The van der Waals surface area contributed by atoms with Gasteiger partial charge in [-0.2, -0.15) is 0 Å². The van der Waals surface area contributed by atoms with Crippen LogP contribution >= 0.6 is 0 Å². The number of alkyl carbamates (subject to hydrolysis) is 1. The lowest BCUT2D eigenvalue weighted by molar-refractivity contribution is -0.159. The number of phenolic OH excluding ortho intramolecular Hbond substituents is 1. The second-order valence-electron chi connectivity index (χ2n) is 12.6. The van der Waals surface area contributed by atoms with Gasteiger partial charge in [0.25, 0.3) is 0 Å². The molecular formula is C33H47N3O7. The van der Waals surface area contributed by atoms with Crippen molar-refractivity contribution in [2.75, 3.05) is 6.54 Å². The van der Waals surface area contributed by atoms with Crippen LogP contribution in [0, 0.1) is 6.92 Å². The minimum atomic E-state index is -1.32. The highest BCUT2D eigenvalue weighted by atomic mass is 16.6. The number of carbonyl (C=O) groups is 4. The molecule has 2 rings (SSSR count). The van der Waals surface area contributed by atoms with Crippen molar-refractivity contribution in [2.24, 2.45) is 0 Å². The number of carbonyl (C=O) groups excluding carboxylic acids is 4. The summed E-state index contributed by atoms with van der Waals surface area (Å²) in [6.07, 6.45) is -0.162. The predicted molar refractivity (Wildman–Crippen MR) is 164 cm³/mol. The number of para-hydroxylation sites is 1. The highest BCUT2D eigenvalue weighted by Crippen LogP contribution is 2.32. The lowest BCUT2D eigenvalue weighted by atomic mass is 9.98. The van der Waals surface area contributed by atoms with Gasteiger partial charge in [-0.3, -0.25) is 9.59 Å². The molecule has 0 bridgehead atoms. The number of aryl methyl sites for hydroxylation is 1. The van der Waals surface area contributed by atoms with Crippen LogP contribution in [0.2, 0.25) is 0 Å². The first-order valence-corrected chi connectivity index (χ1v) is 14.6. The third kappa shape index (κ3) is 10.9. The Labute approximate surface area is 255 Å². The summed E-state index contributed by atoms with van der Waals surface area (Å²) in [7, 11) is 0. The van der Waals surface area contributed by atoms with Gasteiger partial charge >= 0.3 is 12.1 Å². The molecule has 0 saturated carbocycles. The second-order valence-corrected chi connectivity index (χ2v) is 12.6. The van der Waals surface area contributed by atoms with Crippen LogP contribution in [0.5, 0.6) is 5.75 Å². The first-order valence-electron chi connectivity index (χ1n) is 14.6. The average Bonchev–Trinajstić information content (AvgIpc) is 2.88. The Kier molecular flexibility index (Phi) is 12.2. The van der Waals surface area contributed by atoms with E-state index in [4.69, 9.17) is 9.47 Å². The van der Waals surface area contributed by atoms with Gasteiger partial charge < -0.3 is 30.1 Å². The molecular weight excluding hydrogens is 550 g/mol. The maximum Gasteiger partial charge on any atom is 0.408 e. The number of benzene rings is 2. The number of nitrogens with one attached hydrogen (secondary N) is 2. The standard InChI is InChI=1S/C33H47N3O7/c1-10-19-36(29(39)22(3)34-31(41)43-33(7,8)9)26(24-18-14-15-21(2)27(24)37)28(38)35-25(30(40)42-32(4,5)6)20-23-16-12-11-13-17-23/h11-18,22,25-26,37H,10,19-20H2,1-9H3,(H,34,41)(H,35,38). The van der Waals surface area contributed by atoms with E-state index >= 15 is 0 Å². The van der Waals surface area contributed by atoms with Crippen LogP contribution in [0.3, 0.4) is 0 Å². The zero-order chi connectivity index (χ0) is 32.5. The summed E-state index contributed by atoms with van der Waals surface area (Å²) in [4.78, 5) is 55.1. The maximum atomic E-state index is 14.2. The third-order valence-electron chi connectivity index (χ3n) is 6.27. The molecule has 0 fully saturated rings. The highest BCUT2D eigenvalue weighted by molar-refractivity contribution is 5.94. The number of phenols is 1. The van der Waals surface area contributed by atoms with Crippen LogP contribution < -0.4 is 10.6 Å². The van der Waals surface area contributed by atoms with Crippen LogP contribution in [0.1, 0.15) is 84.5 Å². The summed E-state index contributed by atoms with van der Waals surface area (Å²) in [6, 6.07) is 10.6. The normalized spacial score (nSPS) is 13.7. The summed E-state index contributed by atoms with van der Waals surface area (Å²) >= 11 is 0. The fourth-order valence-electron chi connectivity index (χ4n) is 4.42. The lowest BCUT2D eigenvalue weighted by Crippen LogP contribution is -2.54. The molecule has 0 spiro atoms. The van der Waals surface area contributed by atoms with Gasteiger partial charge in [0.1, 0.15) is 35.1 Å². The van der Waals surface area contributed by atoms with E-state index in [9.17, 15) is 24.3 Å². The smallest absolute Gasteiger partial charge is 0.408 e. The minimum absolute atomic E-state index is 0.125. The van der Waals surface area contributed by atoms with E-state index in [1.165, 1.54) is 11.8 Å². The van der Waals surface area contributed by atoms with Gasteiger partial charge in [-0.25, -0.2) is 9.59 Å². The summed E-state index contributed by atoms with van der Waals surface area (Å²) in [5.74, 6) is -2.03. The number of ether oxygens (including phenoxy) is 2. The Morgan fingerprint density at radius 3 is 2.05 bits per heavy atom. The van der Waals surface area contributed by atoms with Gasteiger partial charge in [-0.15, -0.1) is 0 Å². The van der Waals surface area contributed by atoms with Gasteiger partial charge in [0.15, 0.2) is 0 Å². The number of hydrogen-bond acceptors (Lipinski definition) is 7. The fraction of sp³-hybridized carbons (Fsp3) is 0.515. The molecule has 3 amide bonds. The van der Waals surface area contributed by atoms with Crippen molar-refractivity contribution in [2.45, 2.75) is 104 Å². The van der Waals surface area contributed by atoms with Crippen molar-refractivity contribution in [1.82, 2.24) is 15.5 Å². The van der Waals surface area contributed by atoms with Crippen LogP contribution in [-0.4, -0.2) is 63.7 Å². The van der Waals surface area contributed by atoms with Crippen LogP contribution in [0.15, 0.2) is 48.5 Å². The Morgan fingerprint density at radius 1 is 0.884 bits per heavy atom. The van der Waals surface area contributed by atoms with E-state index < -0.39 is 53.2 Å². The number of amides is 3. The molecule has 43 heavy (non-hydrogen) atoms. The molecule has 0 heterocycles. The molecule has 10 heteroatoms. The van der Waals surface area contributed by atoms with Crippen molar-refractivity contribution < 1.29 is 33.8 Å². The largest absolute Gasteiger partial charge is 0.507 e. The van der Waals surface area contributed by atoms with Crippen LogP contribution in [0.25, 0.3) is 0 Å². The molecule has 0 aliphatic rings. The van der Waals surface area contributed by atoms with Crippen molar-refractivity contribution in [3.63, 3.8) is 0 Å². The van der Waals surface area contributed by atoms with Gasteiger partial charge in [-0.05, 0) is 72.9 Å². The second kappa shape index (κ2) is 14.9. The van der Waals surface area contributed by atoms with E-state index in [1.54, 1.807) is 66.7 Å². The summed E-state index contributed by atoms with van der Waals surface area (Å²) in [5, 5.41) is 16.4.